The van der Waals surface area contributed by atoms with E-state index in [0.717, 1.165) is 32.5 Å². The van der Waals surface area contributed by atoms with Crippen molar-refractivity contribution in [1.82, 2.24) is 15.6 Å². The smallest absolute Gasteiger partial charge is 0.282 e. The van der Waals surface area contributed by atoms with Crippen LogP contribution in [-0.2, 0) is 29.7 Å². The molecule has 19 nitrogen and oxygen atoms in total. The number of carbonyl (C=O) groups is 3. The van der Waals surface area contributed by atoms with Crippen LogP contribution in [-0.4, -0.2) is 154 Å². The van der Waals surface area contributed by atoms with Gasteiger partial charge in [-0.2, -0.15) is 0 Å². The molecule has 1 aromatic heterocycles. The van der Waals surface area contributed by atoms with E-state index in [1.165, 1.54) is 38.3 Å². The van der Waals surface area contributed by atoms with E-state index in [9.17, 15) is 14.4 Å². The van der Waals surface area contributed by atoms with E-state index in [2.05, 4.69) is 31.7 Å². The van der Waals surface area contributed by atoms with Gasteiger partial charge in [0.1, 0.15) is 5.82 Å². The van der Waals surface area contributed by atoms with Crippen molar-refractivity contribution in [2.24, 2.45) is 5.73 Å². The molecular weight excluding hydrogens is 734 g/mol. The number of aromatic nitrogens is 1. The Morgan fingerprint density at radius 1 is 0.714 bits per heavy atom. The molecule has 1 aromatic rings. The summed E-state index contributed by atoms with van der Waals surface area (Å²) in [4.78, 5) is 35.9. The largest absolute Gasteiger partial charge is 0.642 e. The number of carboxylic acids is 2. The Hall–Kier alpha value is -2.43. The van der Waals surface area contributed by atoms with Crippen molar-refractivity contribution in [3.8, 4) is 0 Å². The maximum Gasteiger partial charge on any atom is 0.282 e. The van der Waals surface area contributed by atoms with E-state index in [-0.39, 0.29) is 26.0 Å². The molecule has 20 heteroatoms. The standard InChI is InChI=1S/C17H31N6O.2C6H12NO5.Tc/c18-10-5-3-1-2-4-6-11-20-12-7-13-21-17(24)15-8-9-16(23-19)22-14-15;2*8-2-6(3-9,4-10)7-1-5(11)12;/h8-9,14,19-20H,1-7,10-13,18H2,(H2,21,22,23,24);2*8-10H,1-4H2,(H,11,12);/q3*-1;. The van der Waals surface area contributed by atoms with Gasteiger partial charge in [-0.1, -0.05) is 36.8 Å². The van der Waals surface area contributed by atoms with Crippen LogP contribution in [0.3, 0.4) is 0 Å². The Balaban J connectivity index is -0.000000715. The van der Waals surface area contributed by atoms with Crippen molar-refractivity contribution >= 4 is 23.7 Å². The van der Waals surface area contributed by atoms with Crippen LogP contribution in [0.2, 0.25) is 0 Å². The average molecular weight is 790 g/mol. The van der Waals surface area contributed by atoms with Gasteiger partial charge in [0.15, 0.2) is 0 Å². The summed E-state index contributed by atoms with van der Waals surface area (Å²) < 4.78 is 0. The summed E-state index contributed by atoms with van der Waals surface area (Å²) in [6.07, 6.45) is 9.82. The second-order valence-corrected chi connectivity index (χ2v) is 10.6. The maximum atomic E-state index is 11.9. The number of aliphatic hydroxyl groups excluding tert-OH is 6. The molecule has 0 spiro atoms. The Labute approximate surface area is 300 Å². The van der Waals surface area contributed by atoms with Crippen LogP contribution in [0.1, 0.15) is 55.3 Å². The SMILES string of the molecule is O=C(O)C[N-]C(CO)(CO)CO.O=C(O)C[N-]C(CO)(CO)CO.[NH-]Nc1ccc(C(=O)NCCCNCCCCCCCCN)cn1.[Tc]. The van der Waals surface area contributed by atoms with E-state index < -0.39 is 75.7 Å². The first-order chi connectivity index (χ1) is 23.0. The van der Waals surface area contributed by atoms with Gasteiger partial charge in [0, 0.05) is 72.5 Å². The molecule has 1 heterocycles. The number of nitrogens with one attached hydrogen (secondary N) is 4. The van der Waals surface area contributed by atoms with Gasteiger partial charge in [-0.25, -0.2) is 4.98 Å². The normalized spacial score (nSPS) is 10.9. The molecule has 0 fully saturated rings. The van der Waals surface area contributed by atoms with Crippen LogP contribution < -0.4 is 21.8 Å². The molecule has 287 valence electrons. The zero-order valence-electron chi connectivity index (χ0n) is 27.8. The first-order valence-electron chi connectivity index (χ1n) is 15.5. The van der Waals surface area contributed by atoms with Crippen LogP contribution in [0.15, 0.2) is 18.3 Å². The van der Waals surface area contributed by atoms with E-state index in [1.807, 2.05) is 0 Å². The summed E-state index contributed by atoms with van der Waals surface area (Å²) in [6.45, 7) is -1.14. The quantitative estimate of drug-likeness (QED) is 0.0387. The van der Waals surface area contributed by atoms with Crippen LogP contribution in [0.4, 0.5) is 5.82 Å². The topological polar surface area (TPSA) is 340 Å². The number of rotatable bonds is 26. The molecule has 0 atom stereocenters. The first kappa shape index (κ1) is 50.9. The molecule has 14 N–H and O–H groups in total. The number of amides is 1. The van der Waals surface area contributed by atoms with Gasteiger partial charge in [0.2, 0.25) is 0 Å². The maximum absolute atomic E-state index is 11.9. The first-order valence-corrected chi connectivity index (χ1v) is 15.5. The average Bonchev–Trinajstić information content (AvgIpc) is 3.11. The molecular formula is C29H55N8O11Tc-3. The van der Waals surface area contributed by atoms with Crippen molar-refractivity contribution in [1.29, 1.82) is 0 Å². The summed E-state index contributed by atoms with van der Waals surface area (Å²) in [5, 5.41) is 81.7. The van der Waals surface area contributed by atoms with E-state index in [4.69, 9.17) is 52.4 Å². The molecule has 0 saturated heterocycles. The van der Waals surface area contributed by atoms with Gasteiger partial charge in [-0.15, -0.1) is 0 Å². The molecule has 0 saturated carbocycles. The molecule has 1 rings (SSSR count). The van der Waals surface area contributed by atoms with Gasteiger partial charge in [0.05, 0.1) is 5.56 Å². The van der Waals surface area contributed by atoms with Gasteiger partial charge < -0.3 is 79.1 Å². The fraction of sp³-hybridized carbons (Fsp3) is 0.724. The Kier molecular flexibility index (Phi) is 34.1. The van der Waals surface area contributed by atoms with E-state index in [0.29, 0.717) is 17.9 Å². The van der Waals surface area contributed by atoms with Gasteiger partial charge in [0.25, 0.3) is 17.8 Å². The fourth-order valence-electron chi connectivity index (χ4n) is 3.42. The summed E-state index contributed by atoms with van der Waals surface area (Å²) in [5.41, 5.74) is 5.29. The molecule has 1 radical (unpaired) electrons. The Morgan fingerprint density at radius 2 is 1.16 bits per heavy atom. The van der Waals surface area contributed by atoms with Crippen LogP contribution >= 0.6 is 0 Å². The van der Waals surface area contributed by atoms with Crippen molar-refractivity contribution in [3.63, 3.8) is 0 Å². The number of nitrogens with two attached hydrogens (primary N) is 1. The molecule has 0 aliphatic heterocycles. The van der Waals surface area contributed by atoms with E-state index in [1.54, 1.807) is 12.1 Å². The van der Waals surface area contributed by atoms with Crippen molar-refractivity contribution in [3.05, 3.63) is 40.4 Å². The van der Waals surface area contributed by atoms with Crippen LogP contribution in [0.25, 0.3) is 16.5 Å². The number of carboxylic acid groups (broad SMARTS) is 2. The fourth-order valence-corrected chi connectivity index (χ4v) is 3.42. The van der Waals surface area contributed by atoms with Crippen LogP contribution in [0.5, 0.6) is 0 Å². The number of nitrogens with zero attached hydrogens (tertiary/aromatic N) is 3. The Morgan fingerprint density at radius 3 is 1.55 bits per heavy atom. The van der Waals surface area contributed by atoms with Gasteiger partial charge >= 0.3 is 0 Å². The number of carbonyl (C=O) groups excluding carboxylic acids is 1. The minimum absolute atomic E-state index is 0. The van der Waals surface area contributed by atoms with Gasteiger partial charge in [-0.05, 0) is 64.1 Å². The summed E-state index contributed by atoms with van der Waals surface area (Å²) >= 11 is 0. The summed E-state index contributed by atoms with van der Waals surface area (Å²) in [6, 6.07) is 3.27. The monoisotopic (exact) mass is 788 g/mol. The molecule has 0 bridgehead atoms. The number of unbranched alkanes of at least 4 members (excludes halogenated alkanes) is 5. The molecule has 0 aliphatic rings. The summed E-state index contributed by atoms with van der Waals surface area (Å²) in [5.74, 6) is 4.91. The number of pyridine rings is 1. The third-order valence-corrected chi connectivity index (χ3v) is 6.64. The minimum atomic E-state index is -1.43. The predicted octanol–water partition coefficient (Wildman–Crippen LogP) is -1.21. The molecule has 0 unspecified atom stereocenters. The second-order valence-electron chi connectivity index (χ2n) is 10.6. The van der Waals surface area contributed by atoms with Crippen molar-refractivity contribution < 1.29 is 75.3 Å². The molecule has 49 heavy (non-hydrogen) atoms. The van der Waals surface area contributed by atoms with E-state index >= 15 is 0 Å². The molecule has 1 amide bonds. The number of hydrogen-bond acceptors (Lipinski definition) is 13. The summed E-state index contributed by atoms with van der Waals surface area (Å²) in [7, 11) is 0. The van der Waals surface area contributed by atoms with Gasteiger partial charge in [-0.3, -0.25) is 14.4 Å². The number of anilines is 1. The third-order valence-electron chi connectivity index (χ3n) is 6.64. The zero-order chi connectivity index (χ0) is 36.7. The molecule has 0 aliphatic carbocycles. The predicted molar refractivity (Wildman–Crippen MR) is 178 cm³/mol. The molecule has 0 aromatic carbocycles. The van der Waals surface area contributed by atoms with Crippen molar-refractivity contribution in [2.45, 2.75) is 56.0 Å². The second kappa shape index (κ2) is 32.8. The van der Waals surface area contributed by atoms with Crippen LogP contribution in [0, 0.1) is 0 Å². The van der Waals surface area contributed by atoms with Crippen molar-refractivity contribution in [2.75, 3.05) is 84.3 Å². The third kappa shape index (κ3) is 26.1. The zero-order valence-corrected chi connectivity index (χ0v) is 29.6. The number of aliphatic carboxylic acids is 2. The number of aliphatic hydroxyl groups is 6. The number of hydrogen-bond donors (Lipinski definition) is 12. The minimum Gasteiger partial charge on any atom is -0.642 e. The Bertz CT molecular complexity index is 910.